The minimum Gasteiger partial charge on any atom is -0.495 e. The molecular formula is C28H35ClN2O2. The van der Waals surface area contributed by atoms with Gasteiger partial charge in [-0.3, -0.25) is 9.80 Å². The van der Waals surface area contributed by atoms with E-state index >= 15 is 0 Å². The predicted molar refractivity (Wildman–Crippen MR) is 137 cm³/mol. The van der Waals surface area contributed by atoms with Gasteiger partial charge in [-0.1, -0.05) is 79.9 Å². The van der Waals surface area contributed by atoms with Gasteiger partial charge < -0.3 is 9.84 Å². The van der Waals surface area contributed by atoms with Crippen molar-refractivity contribution < 1.29 is 9.84 Å². The van der Waals surface area contributed by atoms with Gasteiger partial charge in [-0.05, 0) is 35.1 Å². The zero-order valence-electron chi connectivity index (χ0n) is 19.7. The molecule has 4 nitrogen and oxygen atoms in total. The topological polar surface area (TPSA) is 35.9 Å². The summed E-state index contributed by atoms with van der Waals surface area (Å²) in [6, 6.07) is 20.8. The highest BCUT2D eigenvalue weighted by Crippen LogP contribution is 2.35. The average molecular weight is 467 g/mol. The van der Waals surface area contributed by atoms with Crippen molar-refractivity contribution in [1.82, 2.24) is 9.80 Å². The third-order valence-electron chi connectivity index (χ3n) is 6.85. The molecule has 0 radical (unpaired) electrons. The Bertz CT molecular complexity index is 1030. The van der Waals surface area contributed by atoms with E-state index in [9.17, 15) is 5.11 Å². The molecule has 1 aliphatic rings. The van der Waals surface area contributed by atoms with Crippen LogP contribution in [-0.2, 0) is 6.54 Å². The summed E-state index contributed by atoms with van der Waals surface area (Å²) < 4.78 is 5.35. The van der Waals surface area contributed by atoms with Gasteiger partial charge in [-0.25, -0.2) is 0 Å². The quantitative estimate of drug-likeness (QED) is 0.425. The standard InChI is InChI=1S/C28H35ClN2O2/c1-3-4-10-25(31-17-15-30(16-18-31)20-21-8-6-5-7-9-21)28(32)23-11-13-24-22(19-23)12-14-26(33-2)27(24)29/h5-9,11-14,19,25,28,32H,3-4,10,15-18,20H2,1-2H3. The summed E-state index contributed by atoms with van der Waals surface area (Å²) in [5.41, 5.74) is 2.32. The fourth-order valence-corrected chi connectivity index (χ4v) is 5.21. The number of unbranched alkanes of at least 4 members (excludes halogenated alkanes) is 1. The van der Waals surface area contributed by atoms with Crippen LogP contribution >= 0.6 is 11.6 Å². The number of piperazine rings is 1. The number of halogens is 1. The summed E-state index contributed by atoms with van der Waals surface area (Å²) in [7, 11) is 1.63. The van der Waals surface area contributed by atoms with Crippen LogP contribution in [0.15, 0.2) is 60.7 Å². The van der Waals surface area contributed by atoms with Crippen LogP contribution in [0.25, 0.3) is 10.8 Å². The molecule has 0 saturated carbocycles. The molecule has 0 aliphatic carbocycles. The summed E-state index contributed by atoms with van der Waals surface area (Å²) in [6.45, 7) is 7.22. The summed E-state index contributed by atoms with van der Waals surface area (Å²) in [6.07, 6.45) is 2.72. The lowest BCUT2D eigenvalue weighted by Gasteiger charge is -2.41. The molecule has 2 unspecified atom stereocenters. The van der Waals surface area contributed by atoms with Crippen LogP contribution in [0.4, 0.5) is 0 Å². The maximum absolute atomic E-state index is 11.5. The number of nitrogens with zero attached hydrogens (tertiary/aromatic N) is 2. The number of aliphatic hydroxyl groups is 1. The molecule has 2 atom stereocenters. The second kappa shape index (κ2) is 11.3. The zero-order chi connectivity index (χ0) is 23.2. The van der Waals surface area contributed by atoms with Crippen molar-refractivity contribution in [2.24, 2.45) is 0 Å². The summed E-state index contributed by atoms with van der Waals surface area (Å²) >= 11 is 6.50. The lowest BCUT2D eigenvalue weighted by atomic mass is 9.94. The summed E-state index contributed by atoms with van der Waals surface area (Å²) in [5.74, 6) is 0.673. The Morgan fingerprint density at radius 3 is 2.45 bits per heavy atom. The molecule has 1 heterocycles. The van der Waals surface area contributed by atoms with Crippen molar-refractivity contribution in [3.05, 3.63) is 76.8 Å². The van der Waals surface area contributed by atoms with Crippen LogP contribution in [-0.4, -0.2) is 54.2 Å². The molecule has 3 aromatic rings. The second-order valence-electron chi connectivity index (χ2n) is 9.01. The van der Waals surface area contributed by atoms with Gasteiger partial charge in [-0.15, -0.1) is 0 Å². The fraction of sp³-hybridized carbons (Fsp3) is 0.429. The zero-order valence-corrected chi connectivity index (χ0v) is 20.5. The van der Waals surface area contributed by atoms with Gasteiger partial charge in [0.2, 0.25) is 0 Å². The highest BCUT2D eigenvalue weighted by Gasteiger charge is 2.30. The Morgan fingerprint density at radius 1 is 1.00 bits per heavy atom. The Kier molecular flexibility index (Phi) is 8.26. The third-order valence-corrected chi connectivity index (χ3v) is 7.24. The van der Waals surface area contributed by atoms with E-state index in [0.717, 1.165) is 68.3 Å². The highest BCUT2D eigenvalue weighted by molar-refractivity contribution is 6.37. The number of methoxy groups -OCH3 is 1. The first-order valence-corrected chi connectivity index (χ1v) is 12.4. The summed E-state index contributed by atoms with van der Waals surface area (Å²) in [5, 5.41) is 14.1. The largest absolute Gasteiger partial charge is 0.495 e. The molecule has 1 saturated heterocycles. The Morgan fingerprint density at radius 2 is 1.76 bits per heavy atom. The molecule has 33 heavy (non-hydrogen) atoms. The number of hydrogen-bond donors (Lipinski definition) is 1. The monoisotopic (exact) mass is 466 g/mol. The van der Waals surface area contributed by atoms with Crippen molar-refractivity contribution >= 4 is 22.4 Å². The maximum atomic E-state index is 11.5. The smallest absolute Gasteiger partial charge is 0.138 e. The van der Waals surface area contributed by atoms with Gasteiger partial charge in [0, 0.05) is 44.2 Å². The van der Waals surface area contributed by atoms with E-state index < -0.39 is 6.10 Å². The molecule has 5 heteroatoms. The Labute approximate surface area is 202 Å². The van der Waals surface area contributed by atoms with Crippen molar-refractivity contribution in [2.75, 3.05) is 33.3 Å². The minimum atomic E-state index is -0.525. The normalized spacial score (nSPS) is 17.2. The molecule has 0 amide bonds. The molecule has 176 valence electrons. The fourth-order valence-electron chi connectivity index (χ4n) is 4.90. The highest BCUT2D eigenvalue weighted by atomic mass is 35.5. The van der Waals surface area contributed by atoms with Crippen LogP contribution in [0.5, 0.6) is 5.75 Å². The van der Waals surface area contributed by atoms with E-state index in [1.165, 1.54) is 5.56 Å². The van der Waals surface area contributed by atoms with Crippen molar-refractivity contribution in [3.8, 4) is 5.75 Å². The van der Waals surface area contributed by atoms with Gasteiger partial charge in [0.15, 0.2) is 0 Å². The lowest BCUT2D eigenvalue weighted by molar-refractivity contribution is 0.0113. The van der Waals surface area contributed by atoms with Gasteiger partial charge in [0.1, 0.15) is 5.75 Å². The summed E-state index contributed by atoms with van der Waals surface area (Å²) in [4.78, 5) is 5.01. The number of rotatable bonds is 9. The first-order chi connectivity index (χ1) is 16.1. The van der Waals surface area contributed by atoms with Crippen LogP contribution in [0.3, 0.4) is 0 Å². The molecule has 3 aromatic carbocycles. The van der Waals surface area contributed by atoms with Gasteiger partial charge in [0.05, 0.1) is 18.2 Å². The van der Waals surface area contributed by atoms with Crippen molar-refractivity contribution in [3.63, 3.8) is 0 Å². The predicted octanol–water partition coefficient (Wildman–Crippen LogP) is 5.91. The van der Waals surface area contributed by atoms with Crippen LogP contribution in [0, 0.1) is 0 Å². The number of aliphatic hydroxyl groups excluding tert-OH is 1. The number of hydrogen-bond acceptors (Lipinski definition) is 4. The van der Waals surface area contributed by atoms with E-state index in [1.807, 2.05) is 24.3 Å². The second-order valence-corrected chi connectivity index (χ2v) is 9.39. The number of ether oxygens (including phenoxy) is 1. The maximum Gasteiger partial charge on any atom is 0.138 e. The van der Waals surface area contributed by atoms with E-state index in [4.69, 9.17) is 16.3 Å². The SMILES string of the molecule is CCCCC(C(O)c1ccc2c(Cl)c(OC)ccc2c1)N1CCN(Cc2ccccc2)CC1. The van der Waals surface area contributed by atoms with E-state index in [2.05, 4.69) is 53.1 Å². The van der Waals surface area contributed by atoms with Crippen molar-refractivity contribution in [1.29, 1.82) is 0 Å². The molecule has 1 N–H and O–H groups in total. The Hall–Kier alpha value is -2.11. The van der Waals surface area contributed by atoms with Crippen LogP contribution in [0.1, 0.15) is 43.4 Å². The molecule has 4 rings (SSSR count). The first kappa shape index (κ1) is 24.0. The van der Waals surface area contributed by atoms with Crippen molar-refractivity contribution in [2.45, 2.75) is 44.9 Å². The van der Waals surface area contributed by atoms with Crippen LogP contribution < -0.4 is 4.74 Å². The average Bonchev–Trinajstić information content (AvgIpc) is 2.86. The Balaban J connectivity index is 1.47. The molecule has 0 spiro atoms. The van der Waals surface area contributed by atoms with Gasteiger partial charge >= 0.3 is 0 Å². The molecule has 0 aromatic heterocycles. The molecule has 1 fully saturated rings. The number of fused-ring (bicyclic) bond motifs is 1. The van der Waals surface area contributed by atoms with Gasteiger partial charge in [-0.2, -0.15) is 0 Å². The molecule has 1 aliphatic heterocycles. The number of benzene rings is 3. The molecule has 0 bridgehead atoms. The van der Waals surface area contributed by atoms with Gasteiger partial charge in [0.25, 0.3) is 0 Å². The third kappa shape index (κ3) is 5.70. The molecular weight excluding hydrogens is 432 g/mol. The first-order valence-electron chi connectivity index (χ1n) is 12.0. The minimum absolute atomic E-state index is 0.120. The van der Waals surface area contributed by atoms with E-state index in [0.29, 0.717) is 10.8 Å². The van der Waals surface area contributed by atoms with E-state index in [1.54, 1.807) is 7.11 Å². The lowest BCUT2D eigenvalue weighted by Crippen LogP contribution is -2.51. The van der Waals surface area contributed by atoms with E-state index in [-0.39, 0.29) is 6.04 Å². The van der Waals surface area contributed by atoms with Crippen LogP contribution in [0.2, 0.25) is 5.02 Å².